The van der Waals surface area contributed by atoms with Gasteiger partial charge in [0.25, 0.3) is 0 Å². The van der Waals surface area contributed by atoms with E-state index in [1.54, 1.807) is 10.2 Å². The lowest BCUT2D eigenvalue weighted by Gasteiger charge is -2.36. The molecule has 2 heterocycles. The zero-order chi connectivity index (χ0) is 36.1. The van der Waals surface area contributed by atoms with Gasteiger partial charge < -0.3 is 19.9 Å². The highest BCUT2D eigenvalue weighted by Gasteiger charge is 2.33. The first-order valence-electron chi connectivity index (χ1n) is 17.3. The van der Waals surface area contributed by atoms with Crippen molar-refractivity contribution < 1.29 is 29.4 Å². The number of hydrogen-bond acceptors (Lipinski definition) is 10. The van der Waals surface area contributed by atoms with Gasteiger partial charge in [-0.15, -0.1) is 5.10 Å². The lowest BCUT2D eigenvalue weighted by atomic mass is 9.99. The van der Waals surface area contributed by atoms with Gasteiger partial charge in [-0.25, -0.2) is 5.48 Å². The van der Waals surface area contributed by atoms with Crippen LogP contribution in [0, 0.1) is 0 Å². The fourth-order valence-electron chi connectivity index (χ4n) is 6.01. The molecule has 0 aliphatic carbocycles. The van der Waals surface area contributed by atoms with Crippen LogP contribution in [0.5, 0.6) is 0 Å². The van der Waals surface area contributed by atoms with Crippen LogP contribution in [0.1, 0.15) is 73.2 Å². The highest BCUT2D eigenvalue weighted by Crippen LogP contribution is 2.40. The predicted molar refractivity (Wildman–Crippen MR) is 195 cm³/mol. The average molecular weight is 723 g/mol. The second kappa shape index (κ2) is 18.5. The number of unbranched alkanes of at least 4 members (excludes halogenated alkanes) is 2. The molecule has 5 aromatic rings. The molecule has 1 fully saturated rings. The largest absolute Gasteiger partial charge is 0.392 e. The van der Waals surface area contributed by atoms with Gasteiger partial charge in [-0.05, 0) is 75.4 Å². The summed E-state index contributed by atoms with van der Waals surface area (Å²) in [7, 11) is 0. The van der Waals surface area contributed by atoms with Crippen molar-refractivity contribution in [3.63, 3.8) is 0 Å². The molecule has 12 nitrogen and oxygen atoms in total. The van der Waals surface area contributed by atoms with Crippen LogP contribution in [0.4, 0.5) is 0 Å². The normalized spacial score (nSPS) is 17.1. The maximum absolute atomic E-state index is 12.4. The standard InChI is InChI=1S/C39H42N6O6S/c46-25-27-17-19-29(20-18-27)35-23-34(26-52-39-41-43-44-45(39)33-13-3-1-4-14-33)50-38(51-35)32-12-8-11-31(22-32)30-10-7-9-28(21-30)24-40-36(47)15-5-2-6-16-37(48)42-49/h1,3-4,7-14,17-22,34-35,38,46,49H,2,5-6,15-16,23-26H2,(H,40,47)(H,42,48)/t34-,35+,38+/m1/s1. The Morgan fingerprint density at radius 3 is 2.33 bits per heavy atom. The van der Waals surface area contributed by atoms with Gasteiger partial charge in [-0.1, -0.05) is 97.0 Å². The summed E-state index contributed by atoms with van der Waals surface area (Å²) >= 11 is 1.53. The number of amides is 2. The van der Waals surface area contributed by atoms with E-state index in [2.05, 4.69) is 33.0 Å². The smallest absolute Gasteiger partial charge is 0.243 e. The maximum Gasteiger partial charge on any atom is 0.243 e. The molecule has 0 unspecified atom stereocenters. The second-order valence-electron chi connectivity index (χ2n) is 12.6. The van der Waals surface area contributed by atoms with Crippen molar-refractivity contribution in [2.24, 2.45) is 0 Å². The number of hydroxylamine groups is 1. The summed E-state index contributed by atoms with van der Waals surface area (Å²) in [5, 5.41) is 34.2. The number of aromatic nitrogens is 4. The third kappa shape index (κ3) is 10.1. The number of aliphatic hydroxyl groups excluding tert-OH is 1. The molecule has 1 saturated heterocycles. The molecule has 6 rings (SSSR count). The van der Waals surface area contributed by atoms with Gasteiger partial charge in [0.1, 0.15) is 0 Å². The number of carbonyl (C=O) groups is 2. The summed E-state index contributed by atoms with van der Waals surface area (Å²) in [5.41, 5.74) is 8.20. The number of thioether (sulfide) groups is 1. The highest BCUT2D eigenvalue weighted by molar-refractivity contribution is 7.99. The van der Waals surface area contributed by atoms with E-state index in [4.69, 9.17) is 14.7 Å². The zero-order valence-electron chi connectivity index (χ0n) is 28.6. The van der Waals surface area contributed by atoms with Crippen molar-refractivity contribution in [3.8, 4) is 16.8 Å². The minimum absolute atomic E-state index is 0.0254. The molecule has 1 aliphatic rings. The van der Waals surface area contributed by atoms with E-state index >= 15 is 0 Å². The number of hydrogen-bond donors (Lipinski definition) is 4. The van der Waals surface area contributed by atoms with Crippen molar-refractivity contribution in [2.45, 2.75) is 75.3 Å². The third-order valence-electron chi connectivity index (χ3n) is 8.80. The second-order valence-corrected chi connectivity index (χ2v) is 13.6. The van der Waals surface area contributed by atoms with E-state index in [0.29, 0.717) is 43.1 Å². The van der Waals surface area contributed by atoms with Gasteiger partial charge in [0, 0.05) is 37.1 Å². The molecule has 0 saturated carbocycles. The molecule has 0 spiro atoms. The van der Waals surface area contributed by atoms with Crippen LogP contribution in [0.15, 0.2) is 108 Å². The number of carbonyl (C=O) groups excluding carboxylic acids is 2. The number of nitrogens with one attached hydrogen (secondary N) is 2. The minimum atomic E-state index is -0.632. The van der Waals surface area contributed by atoms with Gasteiger partial charge in [-0.2, -0.15) is 4.68 Å². The molecule has 270 valence electrons. The SMILES string of the molecule is O=C(CCCCCC(=O)NCc1cccc(-c2cccc([C@H]3O[C@@H](CSc4nnnn4-c4ccccc4)C[C@@H](c4ccc(CO)cc4)O3)c2)c1)NO. The van der Waals surface area contributed by atoms with E-state index in [0.717, 1.165) is 45.5 Å². The zero-order valence-corrected chi connectivity index (χ0v) is 29.5. The van der Waals surface area contributed by atoms with Crippen LogP contribution in [0.2, 0.25) is 0 Å². The first-order valence-corrected chi connectivity index (χ1v) is 18.3. The van der Waals surface area contributed by atoms with Crippen LogP contribution in [-0.4, -0.2) is 54.2 Å². The Morgan fingerprint density at radius 2 is 1.56 bits per heavy atom. The molecule has 4 N–H and O–H groups in total. The summed E-state index contributed by atoms with van der Waals surface area (Å²) in [5.74, 6) is 0.143. The lowest BCUT2D eigenvalue weighted by Crippen LogP contribution is -2.31. The average Bonchev–Trinajstić information content (AvgIpc) is 3.68. The Kier molecular flexibility index (Phi) is 13.1. The molecule has 3 atom stereocenters. The Morgan fingerprint density at radius 1 is 0.808 bits per heavy atom. The summed E-state index contributed by atoms with van der Waals surface area (Å²) in [4.78, 5) is 23.6. The van der Waals surface area contributed by atoms with Gasteiger partial charge in [-0.3, -0.25) is 14.8 Å². The van der Waals surface area contributed by atoms with Crippen LogP contribution in [0.25, 0.3) is 16.8 Å². The highest BCUT2D eigenvalue weighted by atomic mass is 32.2. The summed E-state index contributed by atoms with van der Waals surface area (Å²) in [6, 6.07) is 33.8. The lowest BCUT2D eigenvalue weighted by molar-refractivity contribution is -0.245. The number of benzene rings is 4. The predicted octanol–water partition coefficient (Wildman–Crippen LogP) is 6.23. The monoisotopic (exact) mass is 722 g/mol. The van der Waals surface area contributed by atoms with E-state index in [1.807, 2.05) is 91.0 Å². The van der Waals surface area contributed by atoms with Crippen LogP contribution in [-0.2, 0) is 32.2 Å². The van der Waals surface area contributed by atoms with Crippen LogP contribution >= 0.6 is 11.8 Å². The summed E-state index contributed by atoms with van der Waals surface area (Å²) < 4.78 is 15.0. The summed E-state index contributed by atoms with van der Waals surface area (Å²) in [6.45, 7) is 0.375. The summed E-state index contributed by atoms with van der Waals surface area (Å²) in [6.07, 6.45) is 2.21. The quantitative estimate of drug-likeness (QED) is 0.0398. The van der Waals surface area contributed by atoms with Crippen molar-refractivity contribution >= 4 is 23.6 Å². The first-order chi connectivity index (χ1) is 25.5. The van der Waals surface area contributed by atoms with Gasteiger partial charge in [0.2, 0.25) is 17.0 Å². The number of ether oxygens (including phenoxy) is 2. The molecule has 2 amide bonds. The minimum Gasteiger partial charge on any atom is -0.392 e. The molecule has 1 aliphatic heterocycles. The van der Waals surface area contributed by atoms with E-state index < -0.39 is 12.2 Å². The first kappa shape index (κ1) is 36.9. The van der Waals surface area contributed by atoms with E-state index in [-0.39, 0.29) is 31.1 Å². The number of aliphatic hydroxyl groups is 1. The van der Waals surface area contributed by atoms with Crippen molar-refractivity contribution in [1.29, 1.82) is 0 Å². The Labute approximate surface area is 306 Å². The fraction of sp³-hybridized carbons (Fsp3) is 0.308. The molecular weight excluding hydrogens is 681 g/mol. The fourth-order valence-corrected chi connectivity index (χ4v) is 6.92. The molecule has 1 aromatic heterocycles. The van der Waals surface area contributed by atoms with Crippen LogP contribution < -0.4 is 10.8 Å². The maximum atomic E-state index is 12.4. The van der Waals surface area contributed by atoms with Gasteiger partial charge >= 0.3 is 0 Å². The number of tetrazole rings is 1. The molecule has 0 radical (unpaired) electrons. The third-order valence-corrected chi connectivity index (χ3v) is 9.85. The Hall–Kier alpha value is -4.92. The number of nitrogens with zero attached hydrogens (tertiary/aromatic N) is 4. The Bertz CT molecular complexity index is 1910. The van der Waals surface area contributed by atoms with Crippen LogP contribution in [0.3, 0.4) is 0 Å². The molecule has 13 heteroatoms. The Balaban J connectivity index is 1.13. The molecular formula is C39H42N6O6S. The molecule has 4 aromatic carbocycles. The number of para-hydroxylation sites is 1. The van der Waals surface area contributed by atoms with E-state index in [1.165, 1.54) is 11.8 Å². The van der Waals surface area contributed by atoms with E-state index in [9.17, 15) is 14.7 Å². The van der Waals surface area contributed by atoms with Gasteiger partial charge in [0.05, 0.1) is 24.5 Å². The van der Waals surface area contributed by atoms with Crippen molar-refractivity contribution in [2.75, 3.05) is 5.75 Å². The van der Waals surface area contributed by atoms with Crippen molar-refractivity contribution in [3.05, 3.63) is 125 Å². The van der Waals surface area contributed by atoms with Crippen molar-refractivity contribution in [1.82, 2.24) is 31.0 Å². The number of rotatable bonds is 16. The topological polar surface area (TPSA) is 161 Å². The van der Waals surface area contributed by atoms with Gasteiger partial charge in [0.15, 0.2) is 6.29 Å². The molecule has 52 heavy (non-hydrogen) atoms. The molecule has 0 bridgehead atoms.